The zero-order chi connectivity index (χ0) is 25.1. The second-order valence-corrected chi connectivity index (χ2v) is 8.60. The van der Waals surface area contributed by atoms with Crippen molar-refractivity contribution in [2.24, 2.45) is 0 Å². The number of benzene rings is 2. The first kappa shape index (κ1) is 24.6. The van der Waals surface area contributed by atoms with E-state index in [1.165, 1.54) is 11.0 Å². The molecule has 0 bridgehead atoms. The van der Waals surface area contributed by atoms with Gasteiger partial charge in [-0.1, -0.05) is 19.9 Å². The number of nitrogens with zero attached hydrogens (tertiary/aromatic N) is 2. The third kappa shape index (κ3) is 4.71. The van der Waals surface area contributed by atoms with Crippen LogP contribution in [0.25, 0.3) is 5.76 Å². The van der Waals surface area contributed by atoms with Gasteiger partial charge >= 0.3 is 0 Å². The molecule has 4 rings (SSSR count). The van der Waals surface area contributed by atoms with Crippen LogP contribution in [0.1, 0.15) is 43.5 Å². The van der Waals surface area contributed by atoms with E-state index in [4.69, 9.17) is 9.47 Å². The lowest BCUT2D eigenvalue weighted by Gasteiger charge is -2.28. The molecule has 1 fully saturated rings. The first-order valence-corrected chi connectivity index (χ1v) is 12.1. The van der Waals surface area contributed by atoms with Crippen LogP contribution < -0.4 is 9.47 Å². The maximum Gasteiger partial charge on any atom is 0.295 e. The zero-order valence-electron chi connectivity index (χ0n) is 20.4. The number of phenolic OH excluding ortho intramolecular Hbond substituents is 1. The fraction of sp³-hybridized carbons (Fsp3) is 0.407. The molecule has 8 nitrogen and oxygen atoms in total. The van der Waals surface area contributed by atoms with E-state index in [-0.39, 0.29) is 22.8 Å². The first-order chi connectivity index (χ1) is 16.9. The molecule has 2 aliphatic rings. The third-order valence-electron chi connectivity index (χ3n) is 6.65. The van der Waals surface area contributed by atoms with Gasteiger partial charge in [-0.3, -0.25) is 9.59 Å². The fourth-order valence-corrected chi connectivity index (χ4v) is 4.71. The summed E-state index contributed by atoms with van der Waals surface area (Å²) in [7, 11) is 0. The summed E-state index contributed by atoms with van der Waals surface area (Å²) in [6, 6.07) is 9.23. The van der Waals surface area contributed by atoms with Gasteiger partial charge in [0.2, 0.25) is 0 Å². The third-order valence-corrected chi connectivity index (χ3v) is 6.65. The zero-order valence-corrected chi connectivity index (χ0v) is 20.4. The Bertz CT molecular complexity index is 1150. The van der Waals surface area contributed by atoms with Crippen LogP contribution in [0.4, 0.5) is 0 Å². The highest BCUT2D eigenvalue weighted by molar-refractivity contribution is 6.46. The van der Waals surface area contributed by atoms with Crippen LogP contribution in [0.15, 0.2) is 42.0 Å². The predicted octanol–water partition coefficient (Wildman–Crippen LogP) is 3.49. The molecule has 2 N–H and O–H groups in total. The number of rotatable bonds is 9. The number of likely N-dealkylation sites (N-methyl/N-ethyl adjacent to an activating group) is 1. The van der Waals surface area contributed by atoms with Crippen LogP contribution in [0.3, 0.4) is 0 Å². The van der Waals surface area contributed by atoms with E-state index in [2.05, 4.69) is 4.90 Å². The maximum absolute atomic E-state index is 13.3. The molecular weight excluding hydrogens is 448 g/mol. The van der Waals surface area contributed by atoms with Gasteiger partial charge < -0.3 is 29.5 Å². The van der Waals surface area contributed by atoms with Gasteiger partial charge in [0.1, 0.15) is 11.5 Å². The Hall–Kier alpha value is -3.52. The number of carbonyl (C=O) groups excluding carboxylic acids is 2. The van der Waals surface area contributed by atoms with Crippen LogP contribution >= 0.6 is 0 Å². The van der Waals surface area contributed by atoms with Gasteiger partial charge in [-0.05, 0) is 61.5 Å². The largest absolute Gasteiger partial charge is 0.507 e. The van der Waals surface area contributed by atoms with E-state index in [1.54, 1.807) is 37.3 Å². The number of ether oxygens (including phenoxy) is 2. The Morgan fingerprint density at radius 1 is 1.14 bits per heavy atom. The summed E-state index contributed by atoms with van der Waals surface area (Å²) in [5.74, 6) is -0.616. The van der Waals surface area contributed by atoms with Crippen molar-refractivity contribution in [1.82, 2.24) is 9.80 Å². The summed E-state index contributed by atoms with van der Waals surface area (Å²) in [4.78, 5) is 30.2. The van der Waals surface area contributed by atoms with Gasteiger partial charge in [-0.25, -0.2) is 0 Å². The summed E-state index contributed by atoms with van der Waals surface area (Å²) in [5.41, 5.74) is 2.02. The highest BCUT2D eigenvalue weighted by Crippen LogP contribution is 2.42. The first-order valence-electron chi connectivity index (χ1n) is 12.1. The molecule has 2 aromatic carbocycles. The number of aliphatic hydroxyl groups excluding tert-OH is 1. The minimum atomic E-state index is -0.810. The van der Waals surface area contributed by atoms with Gasteiger partial charge in [0.25, 0.3) is 11.7 Å². The number of ketones is 1. The molecule has 2 aliphatic heterocycles. The summed E-state index contributed by atoms with van der Waals surface area (Å²) in [5, 5.41) is 21.5. The molecule has 0 radical (unpaired) electrons. The van der Waals surface area contributed by atoms with Crippen molar-refractivity contribution in [3.8, 4) is 17.2 Å². The molecule has 2 aromatic rings. The van der Waals surface area contributed by atoms with E-state index in [0.717, 1.165) is 24.4 Å². The van der Waals surface area contributed by atoms with E-state index in [1.807, 2.05) is 13.8 Å². The number of likely N-dealkylation sites (tertiary alicyclic amines) is 1. The standard InChI is InChI=1S/C27H32N2O6/c1-4-28(5-2)12-13-29-24(18-7-9-20(30)22(16-18)34-6-3)23(26(32)27(29)33)25(31)19-8-10-21-17(15-19)11-14-35-21/h7-10,15-16,24,30-31H,4-6,11-14H2,1-3H3/b25-23+. The molecule has 0 spiro atoms. The average Bonchev–Trinajstić information content (AvgIpc) is 3.43. The molecule has 1 unspecified atom stereocenters. The number of carbonyl (C=O) groups is 2. The monoisotopic (exact) mass is 480 g/mol. The second-order valence-electron chi connectivity index (χ2n) is 8.60. The van der Waals surface area contributed by atoms with Crippen LogP contribution in [0.2, 0.25) is 0 Å². The minimum Gasteiger partial charge on any atom is -0.507 e. The number of hydrogen-bond donors (Lipinski definition) is 2. The van der Waals surface area contributed by atoms with Crippen molar-refractivity contribution in [2.45, 2.75) is 33.2 Å². The van der Waals surface area contributed by atoms with Crippen molar-refractivity contribution in [2.75, 3.05) is 39.4 Å². The lowest BCUT2D eigenvalue weighted by Crippen LogP contribution is -2.38. The molecule has 8 heteroatoms. The summed E-state index contributed by atoms with van der Waals surface area (Å²) in [6.07, 6.45) is 0.716. The topological polar surface area (TPSA) is 99.5 Å². The normalized spacial score (nSPS) is 18.7. The molecule has 0 saturated carbocycles. The molecule has 186 valence electrons. The van der Waals surface area contributed by atoms with E-state index < -0.39 is 17.7 Å². The smallest absolute Gasteiger partial charge is 0.295 e. The number of amides is 1. The maximum atomic E-state index is 13.3. The Morgan fingerprint density at radius 2 is 1.91 bits per heavy atom. The molecule has 1 amide bonds. The number of aliphatic hydroxyl groups is 1. The van der Waals surface area contributed by atoms with Crippen LogP contribution in [-0.4, -0.2) is 71.1 Å². The Kier molecular flexibility index (Phi) is 7.31. The van der Waals surface area contributed by atoms with E-state index in [0.29, 0.717) is 43.9 Å². The van der Waals surface area contributed by atoms with Crippen molar-refractivity contribution in [3.05, 3.63) is 58.7 Å². The van der Waals surface area contributed by atoms with Gasteiger partial charge in [0.05, 0.1) is 24.8 Å². The van der Waals surface area contributed by atoms with Crippen molar-refractivity contribution < 1.29 is 29.3 Å². The molecular formula is C27H32N2O6. The number of hydrogen-bond acceptors (Lipinski definition) is 7. The quantitative estimate of drug-likeness (QED) is 0.322. The average molecular weight is 481 g/mol. The van der Waals surface area contributed by atoms with Crippen LogP contribution in [0, 0.1) is 0 Å². The van der Waals surface area contributed by atoms with Crippen LogP contribution in [0.5, 0.6) is 17.2 Å². The van der Waals surface area contributed by atoms with Crippen molar-refractivity contribution in [1.29, 1.82) is 0 Å². The summed E-state index contributed by atoms with van der Waals surface area (Å²) < 4.78 is 11.1. The van der Waals surface area contributed by atoms with E-state index >= 15 is 0 Å². The fourth-order valence-electron chi connectivity index (χ4n) is 4.71. The van der Waals surface area contributed by atoms with Gasteiger partial charge in [-0.2, -0.15) is 0 Å². The SMILES string of the molecule is CCOc1cc(C2/C(=C(\O)c3ccc4c(c3)CCO4)C(=O)C(=O)N2CCN(CC)CC)ccc1O. The lowest BCUT2D eigenvalue weighted by molar-refractivity contribution is -0.140. The summed E-state index contributed by atoms with van der Waals surface area (Å²) in [6.45, 7) is 9.34. The molecule has 0 aromatic heterocycles. The molecule has 1 saturated heterocycles. The second kappa shape index (κ2) is 10.4. The predicted molar refractivity (Wildman–Crippen MR) is 132 cm³/mol. The highest BCUT2D eigenvalue weighted by atomic mass is 16.5. The van der Waals surface area contributed by atoms with E-state index in [9.17, 15) is 19.8 Å². The number of aromatic hydroxyl groups is 1. The molecule has 1 atom stereocenters. The Labute approximate surface area is 205 Å². The summed E-state index contributed by atoms with van der Waals surface area (Å²) >= 11 is 0. The van der Waals surface area contributed by atoms with Crippen LogP contribution in [-0.2, 0) is 16.0 Å². The highest BCUT2D eigenvalue weighted by Gasteiger charge is 2.46. The Balaban J connectivity index is 1.82. The number of phenols is 1. The Morgan fingerprint density at radius 3 is 2.63 bits per heavy atom. The molecule has 0 aliphatic carbocycles. The number of fused-ring (bicyclic) bond motifs is 1. The van der Waals surface area contributed by atoms with Crippen molar-refractivity contribution in [3.63, 3.8) is 0 Å². The van der Waals surface area contributed by atoms with Gasteiger partial charge in [-0.15, -0.1) is 0 Å². The van der Waals surface area contributed by atoms with Gasteiger partial charge in [0.15, 0.2) is 11.5 Å². The molecule has 35 heavy (non-hydrogen) atoms. The molecule has 2 heterocycles. The number of Topliss-reactive ketones (excluding diaryl/α,β-unsaturated/α-hetero) is 1. The minimum absolute atomic E-state index is 0.0292. The lowest BCUT2D eigenvalue weighted by atomic mass is 9.94. The van der Waals surface area contributed by atoms with Gasteiger partial charge in [0, 0.05) is 25.1 Å². The van der Waals surface area contributed by atoms with Crippen molar-refractivity contribution >= 4 is 17.4 Å².